The topological polar surface area (TPSA) is 62.4 Å². The maximum atomic E-state index is 12.3. The molecule has 1 aromatic heterocycles. The summed E-state index contributed by atoms with van der Waals surface area (Å²) in [4.78, 5) is 29.1. The van der Waals surface area contributed by atoms with Crippen molar-refractivity contribution in [1.82, 2.24) is 9.88 Å². The number of fused-ring (bicyclic) bond motifs is 1. The van der Waals surface area contributed by atoms with Crippen molar-refractivity contribution in [2.75, 3.05) is 13.2 Å². The summed E-state index contributed by atoms with van der Waals surface area (Å²) < 4.78 is 5.17. The number of aromatic nitrogens is 1. The highest BCUT2D eigenvalue weighted by atomic mass is 16.5. The lowest BCUT2D eigenvalue weighted by Crippen LogP contribution is -2.33. The molecule has 0 unspecified atom stereocenters. The molecule has 1 N–H and O–H groups in total. The van der Waals surface area contributed by atoms with E-state index in [4.69, 9.17) is 4.74 Å². The Morgan fingerprint density at radius 3 is 2.83 bits per heavy atom. The third-order valence-corrected chi connectivity index (χ3v) is 4.06. The molecule has 0 bridgehead atoms. The number of H-pyrrole nitrogens is 1. The van der Waals surface area contributed by atoms with E-state index in [1.165, 1.54) is 0 Å². The molecule has 0 radical (unpaired) electrons. The van der Waals surface area contributed by atoms with Gasteiger partial charge in [-0.05, 0) is 38.3 Å². The first-order chi connectivity index (χ1) is 11.2. The number of rotatable bonds is 5. The summed E-state index contributed by atoms with van der Waals surface area (Å²) in [6, 6.07) is 9.34. The van der Waals surface area contributed by atoms with Crippen molar-refractivity contribution in [1.29, 1.82) is 0 Å². The number of hydrogen-bond donors (Lipinski definition) is 1. The zero-order valence-corrected chi connectivity index (χ0v) is 13.2. The van der Waals surface area contributed by atoms with Crippen molar-refractivity contribution >= 4 is 22.8 Å². The van der Waals surface area contributed by atoms with Gasteiger partial charge < -0.3 is 14.6 Å². The number of amides is 1. The van der Waals surface area contributed by atoms with Gasteiger partial charge in [0.1, 0.15) is 5.69 Å². The first kappa shape index (κ1) is 15.3. The van der Waals surface area contributed by atoms with Crippen molar-refractivity contribution in [3.8, 4) is 0 Å². The van der Waals surface area contributed by atoms with E-state index in [2.05, 4.69) is 11.1 Å². The van der Waals surface area contributed by atoms with Crippen molar-refractivity contribution in [3.63, 3.8) is 0 Å². The maximum Gasteiger partial charge on any atom is 0.355 e. The van der Waals surface area contributed by atoms with Crippen LogP contribution in [0.1, 0.15) is 36.7 Å². The summed E-state index contributed by atoms with van der Waals surface area (Å²) in [5.41, 5.74) is 2.28. The Hall–Kier alpha value is -2.56. The molecule has 23 heavy (non-hydrogen) atoms. The second-order valence-corrected chi connectivity index (χ2v) is 5.57. The molecule has 0 spiro atoms. The van der Waals surface area contributed by atoms with Crippen LogP contribution in [0, 0.1) is 0 Å². The van der Waals surface area contributed by atoms with Gasteiger partial charge in [-0.1, -0.05) is 24.3 Å². The van der Waals surface area contributed by atoms with Gasteiger partial charge in [0.15, 0.2) is 6.61 Å². The van der Waals surface area contributed by atoms with Crippen LogP contribution in [0.25, 0.3) is 10.9 Å². The highest BCUT2D eigenvalue weighted by Crippen LogP contribution is 2.21. The fourth-order valence-electron chi connectivity index (χ4n) is 2.90. The van der Waals surface area contributed by atoms with Crippen LogP contribution in [0.5, 0.6) is 0 Å². The summed E-state index contributed by atoms with van der Waals surface area (Å²) in [5, 5.41) is 0.942. The molecule has 0 saturated carbocycles. The number of esters is 1. The summed E-state index contributed by atoms with van der Waals surface area (Å²) in [5.74, 6) is -0.684. The Morgan fingerprint density at radius 2 is 2.13 bits per heavy atom. The van der Waals surface area contributed by atoms with Gasteiger partial charge in [0.25, 0.3) is 5.91 Å². The lowest BCUT2D eigenvalue weighted by atomic mass is 10.2. The number of nitrogens with zero attached hydrogens (tertiary/aromatic N) is 1. The number of likely N-dealkylation sites (N-methyl/N-ethyl adjacent to an activating group) is 1. The number of allylic oxidation sites excluding steroid dienone is 2. The molecule has 0 aliphatic heterocycles. The van der Waals surface area contributed by atoms with Crippen molar-refractivity contribution < 1.29 is 14.3 Å². The summed E-state index contributed by atoms with van der Waals surface area (Å²) in [6.45, 7) is 2.28. The van der Waals surface area contributed by atoms with Gasteiger partial charge in [0.2, 0.25) is 0 Å². The van der Waals surface area contributed by atoms with Crippen LogP contribution < -0.4 is 0 Å². The van der Waals surface area contributed by atoms with E-state index in [-0.39, 0.29) is 12.5 Å². The molecule has 1 amide bonds. The first-order valence-electron chi connectivity index (χ1n) is 7.93. The number of carbonyl (C=O) groups is 2. The molecule has 0 fully saturated rings. The Kier molecular flexibility index (Phi) is 4.46. The Balaban J connectivity index is 1.62. The monoisotopic (exact) mass is 312 g/mol. The van der Waals surface area contributed by atoms with E-state index in [0.29, 0.717) is 12.2 Å². The maximum absolute atomic E-state index is 12.3. The van der Waals surface area contributed by atoms with Crippen LogP contribution in [0.4, 0.5) is 0 Å². The third-order valence-electron chi connectivity index (χ3n) is 4.06. The lowest BCUT2D eigenvalue weighted by Gasteiger charge is -2.21. The third kappa shape index (κ3) is 3.28. The quantitative estimate of drug-likeness (QED) is 0.862. The van der Waals surface area contributed by atoms with Crippen LogP contribution in [-0.2, 0) is 9.53 Å². The number of hydrogen-bond acceptors (Lipinski definition) is 3. The molecule has 5 heteroatoms. The zero-order chi connectivity index (χ0) is 16.2. The predicted molar refractivity (Wildman–Crippen MR) is 87.9 cm³/mol. The average molecular weight is 312 g/mol. The second-order valence-electron chi connectivity index (χ2n) is 5.57. The number of benzene rings is 1. The van der Waals surface area contributed by atoms with Crippen molar-refractivity contribution in [3.05, 3.63) is 47.8 Å². The van der Waals surface area contributed by atoms with Gasteiger partial charge in [-0.3, -0.25) is 4.79 Å². The van der Waals surface area contributed by atoms with E-state index in [1.807, 2.05) is 31.2 Å². The summed E-state index contributed by atoms with van der Waals surface area (Å²) in [7, 11) is 0. The number of aromatic amines is 1. The highest BCUT2D eigenvalue weighted by molar-refractivity contribution is 5.95. The van der Waals surface area contributed by atoms with E-state index in [9.17, 15) is 9.59 Å². The van der Waals surface area contributed by atoms with Crippen LogP contribution >= 0.6 is 0 Å². The van der Waals surface area contributed by atoms with E-state index in [0.717, 1.165) is 35.9 Å². The molecule has 1 aliphatic carbocycles. The molecule has 3 rings (SSSR count). The molecule has 5 nitrogen and oxygen atoms in total. The van der Waals surface area contributed by atoms with Gasteiger partial charge >= 0.3 is 5.97 Å². The smallest absolute Gasteiger partial charge is 0.355 e. The van der Waals surface area contributed by atoms with E-state index in [1.54, 1.807) is 11.0 Å². The van der Waals surface area contributed by atoms with Crippen molar-refractivity contribution in [2.24, 2.45) is 0 Å². The zero-order valence-electron chi connectivity index (χ0n) is 13.2. The van der Waals surface area contributed by atoms with Gasteiger partial charge in [0, 0.05) is 23.1 Å². The molecular weight excluding hydrogens is 292 g/mol. The predicted octanol–water partition coefficient (Wildman–Crippen LogP) is 3.24. The molecular formula is C18H20N2O3. The van der Waals surface area contributed by atoms with E-state index < -0.39 is 5.97 Å². The lowest BCUT2D eigenvalue weighted by molar-refractivity contribution is -0.132. The molecule has 1 heterocycles. The number of nitrogens with one attached hydrogen (secondary N) is 1. The second kappa shape index (κ2) is 6.69. The van der Waals surface area contributed by atoms with E-state index >= 15 is 0 Å². The summed E-state index contributed by atoms with van der Waals surface area (Å²) in [6.07, 6.45) is 5.08. The van der Waals surface area contributed by atoms with Crippen LogP contribution in [0.3, 0.4) is 0 Å². The largest absolute Gasteiger partial charge is 0.451 e. The minimum Gasteiger partial charge on any atom is -0.451 e. The molecule has 0 atom stereocenters. The van der Waals surface area contributed by atoms with Crippen molar-refractivity contribution in [2.45, 2.75) is 26.2 Å². The number of ether oxygens (including phenoxy) is 1. The fourth-order valence-corrected chi connectivity index (χ4v) is 2.90. The number of carbonyl (C=O) groups excluding carboxylic acids is 2. The minimum atomic E-state index is -0.508. The van der Waals surface area contributed by atoms with Crippen LogP contribution in [0.15, 0.2) is 42.1 Å². The number of para-hydroxylation sites is 1. The van der Waals surface area contributed by atoms with Gasteiger partial charge in [-0.25, -0.2) is 4.79 Å². The fraction of sp³-hybridized carbons (Fsp3) is 0.333. The molecule has 120 valence electrons. The Labute approximate surface area is 134 Å². The first-order valence-corrected chi connectivity index (χ1v) is 7.93. The SMILES string of the molecule is CCN(C(=O)COC(=O)c1cc2ccccc2[nH]1)C1=CCCC1. The van der Waals surface area contributed by atoms with Gasteiger partial charge in [-0.2, -0.15) is 0 Å². The molecule has 1 aromatic carbocycles. The normalized spacial score (nSPS) is 13.9. The minimum absolute atomic E-state index is 0.176. The van der Waals surface area contributed by atoms with Crippen LogP contribution in [-0.4, -0.2) is 34.9 Å². The van der Waals surface area contributed by atoms with Gasteiger partial charge in [0.05, 0.1) is 0 Å². The van der Waals surface area contributed by atoms with Gasteiger partial charge in [-0.15, -0.1) is 0 Å². The highest BCUT2D eigenvalue weighted by Gasteiger charge is 2.20. The molecule has 0 saturated heterocycles. The molecule has 2 aromatic rings. The Bertz CT molecular complexity index is 727. The molecule has 1 aliphatic rings. The average Bonchev–Trinajstić information content (AvgIpc) is 3.22. The van der Waals surface area contributed by atoms with Crippen LogP contribution in [0.2, 0.25) is 0 Å². The standard InChI is InChI=1S/C18H20N2O3/c1-2-20(14-8-4-5-9-14)17(21)12-23-18(22)16-11-13-7-3-6-10-15(13)19-16/h3,6-8,10-11,19H,2,4-5,9,12H2,1H3. The Morgan fingerprint density at radius 1 is 1.30 bits per heavy atom. The summed E-state index contributed by atoms with van der Waals surface area (Å²) >= 11 is 0.